The third kappa shape index (κ3) is 5.15. The molecule has 0 N–H and O–H groups in total. The maximum atomic E-state index is 6.26. The highest BCUT2D eigenvalue weighted by molar-refractivity contribution is 5.09. The van der Waals surface area contributed by atoms with Gasteiger partial charge in [0, 0.05) is 18.3 Å². The number of ether oxygens (including phenoxy) is 1. The number of rotatable bonds is 7. The largest absolute Gasteiger partial charge is 0.375 e. The first-order valence-electron chi connectivity index (χ1n) is 10.2. The van der Waals surface area contributed by atoms with Gasteiger partial charge in [0.2, 0.25) is 0 Å². The van der Waals surface area contributed by atoms with Gasteiger partial charge in [0.25, 0.3) is 0 Å². The van der Waals surface area contributed by atoms with Crippen molar-refractivity contribution in [2.75, 3.05) is 19.9 Å². The van der Waals surface area contributed by atoms with E-state index < -0.39 is 0 Å². The van der Waals surface area contributed by atoms with Crippen LogP contribution < -0.4 is 0 Å². The molecule has 1 heterocycles. The maximum absolute atomic E-state index is 6.26. The molecule has 1 fully saturated rings. The summed E-state index contributed by atoms with van der Waals surface area (Å²) in [5.41, 5.74) is 1.73. The highest BCUT2D eigenvalue weighted by Crippen LogP contribution is 2.38. The van der Waals surface area contributed by atoms with Crippen LogP contribution in [0.15, 0.2) is 11.9 Å². The second kappa shape index (κ2) is 8.60. The van der Waals surface area contributed by atoms with Gasteiger partial charge in [0.15, 0.2) is 0 Å². The van der Waals surface area contributed by atoms with Crippen molar-refractivity contribution < 1.29 is 4.74 Å². The first-order chi connectivity index (χ1) is 11.3. The Labute approximate surface area is 150 Å². The topological polar surface area (TPSA) is 15.7 Å². The van der Waals surface area contributed by atoms with Gasteiger partial charge in [0.1, 0.15) is 0 Å². The van der Waals surface area contributed by atoms with E-state index in [4.69, 9.17) is 4.74 Å². The lowest BCUT2D eigenvalue weighted by atomic mass is 9.83. The van der Waals surface area contributed by atoms with Gasteiger partial charge < -0.3 is 14.5 Å². The van der Waals surface area contributed by atoms with E-state index >= 15 is 0 Å². The van der Waals surface area contributed by atoms with Crippen molar-refractivity contribution in [3.63, 3.8) is 0 Å². The number of nitrogens with zero attached hydrogens (tertiary/aromatic N) is 2. The molecule has 0 radical (unpaired) electrons. The predicted molar refractivity (Wildman–Crippen MR) is 103 cm³/mol. The predicted octanol–water partition coefficient (Wildman–Crippen LogP) is 5.23. The van der Waals surface area contributed by atoms with Gasteiger partial charge in [-0.05, 0) is 58.3 Å². The second-order valence-electron chi connectivity index (χ2n) is 8.94. The molecule has 0 aromatic rings. The summed E-state index contributed by atoms with van der Waals surface area (Å²) in [6.07, 6.45) is 10.5. The highest BCUT2D eigenvalue weighted by atomic mass is 16.5. The zero-order chi connectivity index (χ0) is 17.7. The molecule has 24 heavy (non-hydrogen) atoms. The molecule has 2 rings (SSSR count). The van der Waals surface area contributed by atoms with Crippen LogP contribution in [-0.2, 0) is 4.74 Å². The van der Waals surface area contributed by atoms with E-state index in [0.717, 1.165) is 25.8 Å². The molecule has 1 aliphatic carbocycles. The third-order valence-corrected chi connectivity index (χ3v) is 6.11. The van der Waals surface area contributed by atoms with Crippen molar-refractivity contribution in [3.05, 3.63) is 11.9 Å². The van der Waals surface area contributed by atoms with Crippen LogP contribution in [-0.4, -0.2) is 41.8 Å². The average Bonchev–Trinajstić information content (AvgIpc) is 2.86. The van der Waals surface area contributed by atoms with Crippen LogP contribution in [0.1, 0.15) is 80.1 Å². The quantitative estimate of drug-likeness (QED) is 0.592. The van der Waals surface area contributed by atoms with Crippen molar-refractivity contribution in [1.82, 2.24) is 9.80 Å². The van der Waals surface area contributed by atoms with E-state index in [1.54, 1.807) is 0 Å². The zero-order valence-corrected chi connectivity index (χ0v) is 17.0. The zero-order valence-electron chi connectivity index (χ0n) is 17.0. The maximum Gasteiger partial charge on any atom is 0.0902 e. The molecule has 0 spiro atoms. The summed E-state index contributed by atoms with van der Waals surface area (Å²) in [7, 11) is 0. The summed E-state index contributed by atoms with van der Waals surface area (Å²) < 4.78 is 6.26. The van der Waals surface area contributed by atoms with Crippen molar-refractivity contribution >= 4 is 0 Å². The van der Waals surface area contributed by atoms with Gasteiger partial charge in [-0.1, -0.05) is 33.1 Å². The van der Waals surface area contributed by atoms with Gasteiger partial charge in [0.05, 0.1) is 25.6 Å². The van der Waals surface area contributed by atoms with E-state index in [0.29, 0.717) is 17.5 Å². The molecule has 1 unspecified atom stereocenters. The molecule has 0 aromatic heterocycles. The normalized spacial score (nSPS) is 28.7. The van der Waals surface area contributed by atoms with Gasteiger partial charge >= 0.3 is 0 Å². The summed E-state index contributed by atoms with van der Waals surface area (Å²) in [5, 5.41) is 0. The summed E-state index contributed by atoms with van der Waals surface area (Å²) in [6, 6.07) is 1.08. The average molecular weight is 337 g/mol. The molecule has 2 atom stereocenters. The SMILES string of the molecule is CC[C@H]1CCCC(C)(COCC2=CN(C(C)C)CN2C(C)C)CC1. The van der Waals surface area contributed by atoms with Gasteiger partial charge in [-0.2, -0.15) is 0 Å². The highest BCUT2D eigenvalue weighted by Gasteiger charge is 2.30. The molecular formula is C21H40N2O. The Morgan fingerprint density at radius 2 is 1.92 bits per heavy atom. The Morgan fingerprint density at radius 1 is 1.17 bits per heavy atom. The molecule has 0 aromatic carbocycles. The first kappa shape index (κ1) is 19.6. The van der Waals surface area contributed by atoms with E-state index in [2.05, 4.69) is 57.5 Å². The van der Waals surface area contributed by atoms with Crippen molar-refractivity contribution in [2.24, 2.45) is 11.3 Å². The molecule has 1 saturated carbocycles. The Hall–Kier alpha value is -0.700. The van der Waals surface area contributed by atoms with Crippen LogP contribution in [0.25, 0.3) is 0 Å². The lowest BCUT2D eigenvalue weighted by Crippen LogP contribution is -2.36. The molecule has 1 aliphatic heterocycles. The standard InChI is InChI=1S/C21H40N2O/c1-7-19-9-8-11-21(6,12-10-19)15-24-14-20-13-22(17(2)3)16-23(20)18(4)5/h13,17-19H,7-12,14-16H2,1-6H3/t19-,21?/m0/s1. The Balaban J connectivity index is 1.86. The summed E-state index contributed by atoms with van der Waals surface area (Å²) in [4.78, 5) is 4.89. The summed E-state index contributed by atoms with van der Waals surface area (Å²) in [5.74, 6) is 0.945. The summed E-state index contributed by atoms with van der Waals surface area (Å²) in [6.45, 7) is 16.5. The third-order valence-electron chi connectivity index (χ3n) is 6.11. The molecular weight excluding hydrogens is 296 g/mol. The Morgan fingerprint density at radius 3 is 2.54 bits per heavy atom. The number of hydrogen-bond donors (Lipinski definition) is 0. The van der Waals surface area contributed by atoms with Crippen molar-refractivity contribution in [3.8, 4) is 0 Å². The fourth-order valence-corrected chi connectivity index (χ4v) is 4.09. The first-order valence-corrected chi connectivity index (χ1v) is 10.2. The molecule has 140 valence electrons. The van der Waals surface area contributed by atoms with Crippen molar-refractivity contribution in [1.29, 1.82) is 0 Å². The minimum Gasteiger partial charge on any atom is -0.375 e. The molecule has 3 heteroatoms. The lowest BCUT2D eigenvalue weighted by molar-refractivity contribution is 0.0450. The molecule has 0 bridgehead atoms. The number of hydrogen-bond acceptors (Lipinski definition) is 3. The van der Waals surface area contributed by atoms with E-state index in [9.17, 15) is 0 Å². The smallest absolute Gasteiger partial charge is 0.0902 e. The van der Waals surface area contributed by atoms with E-state index in [1.165, 1.54) is 44.2 Å². The van der Waals surface area contributed by atoms with E-state index in [1.807, 2.05) is 0 Å². The van der Waals surface area contributed by atoms with Crippen LogP contribution in [0, 0.1) is 11.3 Å². The monoisotopic (exact) mass is 336 g/mol. The van der Waals surface area contributed by atoms with Crippen LogP contribution in [0.3, 0.4) is 0 Å². The van der Waals surface area contributed by atoms with Crippen LogP contribution in [0.2, 0.25) is 0 Å². The van der Waals surface area contributed by atoms with Gasteiger partial charge in [-0.3, -0.25) is 0 Å². The van der Waals surface area contributed by atoms with Gasteiger partial charge in [-0.15, -0.1) is 0 Å². The Bertz CT molecular complexity index is 418. The fourth-order valence-electron chi connectivity index (χ4n) is 4.09. The van der Waals surface area contributed by atoms with Gasteiger partial charge in [-0.25, -0.2) is 0 Å². The lowest BCUT2D eigenvalue weighted by Gasteiger charge is -2.31. The summed E-state index contributed by atoms with van der Waals surface area (Å²) >= 11 is 0. The van der Waals surface area contributed by atoms with Crippen molar-refractivity contribution in [2.45, 2.75) is 92.2 Å². The van der Waals surface area contributed by atoms with E-state index in [-0.39, 0.29) is 0 Å². The minimum absolute atomic E-state index is 0.378. The minimum atomic E-state index is 0.378. The molecule has 0 amide bonds. The van der Waals surface area contributed by atoms with Crippen LogP contribution >= 0.6 is 0 Å². The molecule has 2 aliphatic rings. The van der Waals surface area contributed by atoms with Crippen LogP contribution in [0.4, 0.5) is 0 Å². The van der Waals surface area contributed by atoms with Crippen LogP contribution in [0.5, 0.6) is 0 Å². The second-order valence-corrected chi connectivity index (χ2v) is 8.94. The molecule has 3 nitrogen and oxygen atoms in total. The molecule has 0 saturated heterocycles. The Kier molecular flexibility index (Phi) is 7.03. The fraction of sp³-hybridized carbons (Fsp3) is 0.905.